The largest absolute Gasteiger partial charge is 0.321 e. The molecule has 8 heteroatoms. The van der Waals surface area contributed by atoms with Crippen LogP contribution in [0.15, 0.2) is 143 Å². The van der Waals surface area contributed by atoms with Crippen molar-refractivity contribution in [1.82, 2.24) is 5.32 Å². The molecule has 0 aliphatic rings. The maximum absolute atomic E-state index is 13.3. The summed E-state index contributed by atoms with van der Waals surface area (Å²) in [5, 5.41) is 9.40. The Morgan fingerprint density at radius 3 is 1.90 bits per heavy atom. The van der Waals surface area contributed by atoms with Crippen molar-refractivity contribution in [2.75, 3.05) is 16.0 Å². The summed E-state index contributed by atoms with van der Waals surface area (Å²) in [5.41, 5.74) is 3.57. The average Bonchev–Trinajstić information content (AvgIpc) is 3.55. The van der Waals surface area contributed by atoms with Gasteiger partial charge in [0.15, 0.2) is 0 Å². The molecule has 0 atom stereocenters. The molecule has 42 heavy (non-hydrogen) atoms. The fourth-order valence-electron chi connectivity index (χ4n) is 4.10. The van der Waals surface area contributed by atoms with Gasteiger partial charge in [0.05, 0.1) is 5.75 Å². The van der Waals surface area contributed by atoms with Gasteiger partial charge in [0.1, 0.15) is 5.70 Å². The summed E-state index contributed by atoms with van der Waals surface area (Å²) in [6, 6.07) is 37.0. The molecule has 0 spiro atoms. The minimum absolute atomic E-state index is 0.0489. The van der Waals surface area contributed by atoms with Crippen molar-refractivity contribution < 1.29 is 14.4 Å². The number of para-hydroxylation sites is 2. The van der Waals surface area contributed by atoms with Gasteiger partial charge in [-0.3, -0.25) is 19.3 Å². The Hall–Kier alpha value is -4.92. The van der Waals surface area contributed by atoms with Crippen molar-refractivity contribution in [2.45, 2.75) is 4.90 Å². The SMILES string of the molecule is O=C(Nc1ccc(SCC(=O)N(c2ccccc2)c2ccccc2)cc1)/C(=C/c1ccsc1)NC(=O)c1ccccc1. The van der Waals surface area contributed by atoms with Gasteiger partial charge >= 0.3 is 0 Å². The first-order valence-electron chi connectivity index (χ1n) is 13.1. The molecule has 2 N–H and O–H groups in total. The summed E-state index contributed by atoms with van der Waals surface area (Å²) < 4.78 is 0. The molecule has 5 aromatic rings. The van der Waals surface area contributed by atoms with Gasteiger partial charge in [-0.1, -0.05) is 54.6 Å². The molecule has 0 aliphatic carbocycles. The predicted molar refractivity (Wildman–Crippen MR) is 172 cm³/mol. The van der Waals surface area contributed by atoms with Crippen LogP contribution in [0, 0.1) is 0 Å². The molecule has 0 fully saturated rings. The van der Waals surface area contributed by atoms with Crippen LogP contribution in [0.5, 0.6) is 0 Å². The number of benzene rings is 4. The van der Waals surface area contributed by atoms with Crippen LogP contribution in [0.3, 0.4) is 0 Å². The van der Waals surface area contributed by atoms with Crippen LogP contribution in [0.25, 0.3) is 6.08 Å². The number of hydrogen-bond acceptors (Lipinski definition) is 5. The fraction of sp³-hybridized carbons (Fsp3) is 0.0294. The molecule has 0 bridgehead atoms. The smallest absolute Gasteiger partial charge is 0.272 e. The quantitative estimate of drug-likeness (QED) is 0.130. The zero-order chi connectivity index (χ0) is 29.1. The first-order chi connectivity index (χ1) is 20.6. The molecule has 0 aliphatic heterocycles. The number of nitrogens with one attached hydrogen (secondary N) is 2. The number of rotatable bonds is 10. The van der Waals surface area contributed by atoms with E-state index in [1.807, 2.05) is 95.7 Å². The van der Waals surface area contributed by atoms with E-state index in [9.17, 15) is 14.4 Å². The maximum Gasteiger partial charge on any atom is 0.272 e. The van der Waals surface area contributed by atoms with Gasteiger partial charge in [-0.25, -0.2) is 0 Å². The van der Waals surface area contributed by atoms with Gasteiger partial charge in [0.25, 0.3) is 11.8 Å². The van der Waals surface area contributed by atoms with Crippen molar-refractivity contribution in [3.05, 3.63) is 149 Å². The summed E-state index contributed by atoms with van der Waals surface area (Å²) in [5.74, 6) is -0.632. The Balaban J connectivity index is 1.24. The minimum atomic E-state index is -0.442. The third-order valence-corrected chi connectivity index (χ3v) is 7.83. The number of carbonyl (C=O) groups is 3. The third kappa shape index (κ3) is 7.63. The predicted octanol–water partition coefficient (Wildman–Crippen LogP) is 7.61. The fourth-order valence-corrected chi connectivity index (χ4v) is 5.47. The second-order valence-corrected chi connectivity index (χ2v) is 10.9. The van der Waals surface area contributed by atoms with Crippen molar-refractivity contribution >= 4 is 64.0 Å². The summed E-state index contributed by atoms with van der Waals surface area (Å²) in [7, 11) is 0. The number of hydrogen-bond donors (Lipinski definition) is 2. The van der Waals surface area contributed by atoms with Gasteiger partial charge < -0.3 is 10.6 Å². The van der Waals surface area contributed by atoms with Crippen LogP contribution < -0.4 is 15.5 Å². The van der Waals surface area contributed by atoms with Crippen LogP contribution in [0.4, 0.5) is 17.1 Å². The highest BCUT2D eigenvalue weighted by Crippen LogP contribution is 2.28. The molecule has 1 aromatic heterocycles. The molecular weight excluding hydrogens is 563 g/mol. The van der Waals surface area contributed by atoms with Crippen LogP contribution in [-0.2, 0) is 9.59 Å². The normalized spacial score (nSPS) is 11.0. The maximum atomic E-state index is 13.3. The standard InChI is InChI=1S/C34H27N3O3S2/c38-32(37(28-12-6-2-7-13-28)29-14-8-3-9-15-29)24-42-30-18-16-27(17-19-30)35-34(40)31(22-25-20-21-41-23-25)36-33(39)26-10-4-1-5-11-26/h1-23H,24H2,(H,35,40)(H,36,39)/b31-22-. The molecule has 208 valence electrons. The first kappa shape index (κ1) is 28.6. The molecule has 0 unspecified atom stereocenters. The molecule has 4 aromatic carbocycles. The number of carbonyl (C=O) groups excluding carboxylic acids is 3. The highest BCUT2D eigenvalue weighted by atomic mass is 32.2. The monoisotopic (exact) mass is 589 g/mol. The Morgan fingerprint density at radius 1 is 0.738 bits per heavy atom. The third-order valence-electron chi connectivity index (χ3n) is 6.14. The Kier molecular flexibility index (Phi) is 9.61. The number of thiophene rings is 1. The zero-order valence-corrected chi connectivity index (χ0v) is 24.1. The molecule has 3 amide bonds. The van der Waals surface area contributed by atoms with Crippen LogP contribution in [0.1, 0.15) is 15.9 Å². The van der Waals surface area contributed by atoms with Crippen molar-refractivity contribution in [3.8, 4) is 0 Å². The highest BCUT2D eigenvalue weighted by Gasteiger charge is 2.18. The molecule has 5 rings (SSSR count). The van der Waals surface area contributed by atoms with Crippen molar-refractivity contribution in [3.63, 3.8) is 0 Å². The number of thioether (sulfide) groups is 1. The van der Waals surface area contributed by atoms with Gasteiger partial charge in [-0.2, -0.15) is 11.3 Å². The van der Waals surface area contributed by atoms with E-state index in [1.165, 1.54) is 23.1 Å². The van der Waals surface area contributed by atoms with Crippen LogP contribution in [-0.4, -0.2) is 23.5 Å². The van der Waals surface area contributed by atoms with E-state index in [0.717, 1.165) is 21.8 Å². The molecule has 0 saturated heterocycles. The lowest BCUT2D eigenvalue weighted by Crippen LogP contribution is -2.30. The second-order valence-electron chi connectivity index (χ2n) is 9.10. The molecule has 0 saturated carbocycles. The van der Waals surface area contributed by atoms with E-state index >= 15 is 0 Å². The van der Waals surface area contributed by atoms with E-state index in [2.05, 4.69) is 10.6 Å². The summed E-state index contributed by atoms with van der Waals surface area (Å²) in [4.78, 5) is 41.9. The number of anilines is 3. The number of nitrogens with zero attached hydrogens (tertiary/aromatic N) is 1. The Morgan fingerprint density at radius 2 is 1.33 bits per heavy atom. The highest BCUT2D eigenvalue weighted by molar-refractivity contribution is 8.00. The zero-order valence-electron chi connectivity index (χ0n) is 22.5. The summed E-state index contributed by atoms with van der Waals surface area (Å²) >= 11 is 2.92. The van der Waals surface area contributed by atoms with Crippen molar-refractivity contribution in [2.24, 2.45) is 0 Å². The van der Waals surface area contributed by atoms with Gasteiger partial charge in [0.2, 0.25) is 5.91 Å². The number of amides is 3. The van der Waals surface area contributed by atoms with Gasteiger partial charge in [0, 0.05) is 27.5 Å². The first-order valence-corrected chi connectivity index (χ1v) is 15.1. The average molecular weight is 590 g/mol. The van der Waals surface area contributed by atoms with E-state index in [4.69, 9.17) is 0 Å². The topological polar surface area (TPSA) is 78.5 Å². The lowest BCUT2D eigenvalue weighted by Gasteiger charge is -2.23. The molecule has 6 nitrogen and oxygen atoms in total. The van der Waals surface area contributed by atoms with Crippen LogP contribution in [0.2, 0.25) is 0 Å². The Labute approximate surface area is 252 Å². The molecule has 0 radical (unpaired) electrons. The lowest BCUT2D eigenvalue weighted by molar-refractivity contribution is -0.115. The Bertz CT molecular complexity index is 1620. The van der Waals surface area contributed by atoms with E-state index in [0.29, 0.717) is 11.3 Å². The molecule has 1 heterocycles. The lowest BCUT2D eigenvalue weighted by atomic mass is 10.2. The van der Waals surface area contributed by atoms with Gasteiger partial charge in [-0.15, -0.1) is 11.8 Å². The van der Waals surface area contributed by atoms with E-state index in [1.54, 1.807) is 47.4 Å². The summed E-state index contributed by atoms with van der Waals surface area (Å²) in [6.45, 7) is 0. The van der Waals surface area contributed by atoms with E-state index < -0.39 is 5.91 Å². The van der Waals surface area contributed by atoms with Crippen LogP contribution >= 0.6 is 23.1 Å². The van der Waals surface area contributed by atoms with Crippen molar-refractivity contribution in [1.29, 1.82) is 0 Å². The van der Waals surface area contributed by atoms with E-state index in [-0.39, 0.29) is 23.3 Å². The minimum Gasteiger partial charge on any atom is -0.321 e. The molecular formula is C34H27N3O3S2. The second kappa shape index (κ2) is 14.1. The summed E-state index contributed by atoms with van der Waals surface area (Å²) in [6.07, 6.45) is 1.65. The van der Waals surface area contributed by atoms with Gasteiger partial charge in [-0.05, 0) is 89.1 Å².